The number of hydrazine groups is 1. The molecule has 1 aliphatic rings. The number of amides is 2. The van der Waals surface area contributed by atoms with Crippen molar-refractivity contribution in [2.75, 3.05) is 25.1 Å². The Morgan fingerprint density at radius 1 is 1.47 bits per heavy atom. The smallest absolute Gasteiger partial charge is 0.254 e. The van der Waals surface area contributed by atoms with E-state index in [4.69, 9.17) is 5.84 Å². The van der Waals surface area contributed by atoms with Crippen LogP contribution in [0.15, 0.2) is 18.2 Å². The molecule has 1 saturated heterocycles. The van der Waals surface area contributed by atoms with E-state index in [1.807, 2.05) is 6.92 Å². The van der Waals surface area contributed by atoms with Gasteiger partial charge in [-0.15, -0.1) is 0 Å². The third kappa shape index (κ3) is 3.03. The van der Waals surface area contributed by atoms with Crippen LogP contribution in [0.1, 0.15) is 22.3 Å². The molecular formula is C13H18N4O2. The fourth-order valence-corrected chi connectivity index (χ4v) is 2.12. The van der Waals surface area contributed by atoms with Gasteiger partial charge in [-0.2, -0.15) is 0 Å². The van der Waals surface area contributed by atoms with Crippen molar-refractivity contribution >= 4 is 17.5 Å². The number of hydrogen-bond donors (Lipinski definition) is 3. The lowest BCUT2D eigenvalue weighted by Gasteiger charge is -2.19. The quantitative estimate of drug-likeness (QED) is 0.526. The number of carbonyl (C=O) groups excluding carboxylic acids is 2. The molecule has 0 radical (unpaired) electrons. The van der Waals surface area contributed by atoms with Crippen LogP contribution < -0.4 is 16.6 Å². The number of hydrogen-bond acceptors (Lipinski definition) is 4. The molecule has 1 heterocycles. The highest BCUT2D eigenvalue weighted by atomic mass is 16.2. The number of nitrogens with two attached hydrogens (primary N) is 1. The molecule has 1 fully saturated rings. The Morgan fingerprint density at radius 3 is 2.95 bits per heavy atom. The van der Waals surface area contributed by atoms with Crippen LogP contribution in [0.4, 0.5) is 5.69 Å². The molecule has 2 amide bonds. The maximum Gasteiger partial charge on any atom is 0.254 e. The zero-order valence-electron chi connectivity index (χ0n) is 10.9. The van der Waals surface area contributed by atoms with Crippen LogP contribution in [0.5, 0.6) is 0 Å². The summed E-state index contributed by atoms with van der Waals surface area (Å²) in [6.45, 7) is 3.21. The van der Waals surface area contributed by atoms with Gasteiger partial charge in [0.15, 0.2) is 0 Å². The van der Waals surface area contributed by atoms with Crippen LogP contribution in [-0.4, -0.2) is 36.3 Å². The molecule has 0 saturated carbocycles. The average molecular weight is 262 g/mol. The van der Waals surface area contributed by atoms with Crippen LogP contribution in [0.25, 0.3) is 0 Å². The summed E-state index contributed by atoms with van der Waals surface area (Å²) in [4.78, 5) is 25.4. The topological polar surface area (TPSA) is 87.5 Å². The number of aryl methyl sites for hydroxylation is 1. The van der Waals surface area contributed by atoms with Crippen molar-refractivity contribution in [3.05, 3.63) is 29.3 Å². The van der Waals surface area contributed by atoms with Gasteiger partial charge >= 0.3 is 0 Å². The van der Waals surface area contributed by atoms with Gasteiger partial charge in [-0.25, -0.2) is 0 Å². The summed E-state index contributed by atoms with van der Waals surface area (Å²) in [6.07, 6.45) is 0.777. The lowest BCUT2D eigenvalue weighted by Crippen LogP contribution is -2.37. The van der Waals surface area contributed by atoms with Gasteiger partial charge in [0.05, 0.1) is 12.2 Å². The predicted molar refractivity (Wildman–Crippen MR) is 72.5 cm³/mol. The first-order valence-corrected chi connectivity index (χ1v) is 6.25. The standard InChI is InChI=1S/C13H18N4O2/c1-9-7-10(3-4-11(9)16-14)13(19)17-6-2-5-15-12(18)8-17/h3-4,7,16H,2,5-6,8,14H2,1H3,(H,15,18). The third-order valence-electron chi connectivity index (χ3n) is 3.18. The van der Waals surface area contributed by atoms with Crippen LogP contribution in [0, 0.1) is 6.92 Å². The molecule has 2 rings (SSSR count). The Balaban J connectivity index is 2.18. The van der Waals surface area contributed by atoms with Crippen molar-refractivity contribution in [3.63, 3.8) is 0 Å². The second-order valence-corrected chi connectivity index (χ2v) is 4.60. The third-order valence-corrected chi connectivity index (χ3v) is 3.18. The highest BCUT2D eigenvalue weighted by Crippen LogP contribution is 2.17. The zero-order chi connectivity index (χ0) is 13.8. The molecule has 1 aromatic rings. The van der Waals surface area contributed by atoms with Crippen LogP contribution in [-0.2, 0) is 4.79 Å². The maximum atomic E-state index is 12.3. The summed E-state index contributed by atoms with van der Waals surface area (Å²) >= 11 is 0. The second kappa shape index (κ2) is 5.71. The van der Waals surface area contributed by atoms with Crippen molar-refractivity contribution in [1.29, 1.82) is 0 Å². The Labute approximate surface area is 111 Å². The molecule has 0 atom stereocenters. The van der Waals surface area contributed by atoms with Crippen LogP contribution in [0.3, 0.4) is 0 Å². The molecule has 19 heavy (non-hydrogen) atoms. The summed E-state index contributed by atoms with van der Waals surface area (Å²) in [5, 5.41) is 2.75. The highest BCUT2D eigenvalue weighted by Gasteiger charge is 2.21. The van der Waals surface area contributed by atoms with E-state index in [0.717, 1.165) is 17.7 Å². The second-order valence-electron chi connectivity index (χ2n) is 4.60. The van der Waals surface area contributed by atoms with Crippen molar-refractivity contribution in [2.45, 2.75) is 13.3 Å². The maximum absolute atomic E-state index is 12.3. The summed E-state index contributed by atoms with van der Waals surface area (Å²) < 4.78 is 0. The highest BCUT2D eigenvalue weighted by molar-refractivity contribution is 5.97. The number of nitrogen functional groups attached to an aromatic ring is 1. The molecule has 1 aliphatic heterocycles. The molecule has 6 heteroatoms. The predicted octanol–water partition coefficient (Wildman–Crippen LogP) is 0.243. The molecular weight excluding hydrogens is 244 g/mol. The molecule has 0 spiro atoms. The van der Waals surface area contributed by atoms with E-state index >= 15 is 0 Å². The molecule has 0 aromatic heterocycles. The van der Waals surface area contributed by atoms with Crippen molar-refractivity contribution < 1.29 is 9.59 Å². The van der Waals surface area contributed by atoms with E-state index in [-0.39, 0.29) is 18.4 Å². The van der Waals surface area contributed by atoms with E-state index in [1.165, 1.54) is 0 Å². The largest absolute Gasteiger partial charge is 0.354 e. The van der Waals surface area contributed by atoms with E-state index < -0.39 is 0 Å². The molecule has 6 nitrogen and oxygen atoms in total. The van der Waals surface area contributed by atoms with Crippen LogP contribution in [0.2, 0.25) is 0 Å². The van der Waals surface area contributed by atoms with Gasteiger partial charge in [0.25, 0.3) is 5.91 Å². The fraction of sp³-hybridized carbons (Fsp3) is 0.385. The molecule has 102 valence electrons. The summed E-state index contributed by atoms with van der Waals surface area (Å²) in [6, 6.07) is 5.26. The Kier molecular flexibility index (Phi) is 4.01. The van der Waals surface area contributed by atoms with E-state index in [2.05, 4.69) is 10.7 Å². The lowest BCUT2D eigenvalue weighted by molar-refractivity contribution is -0.121. The first-order valence-electron chi connectivity index (χ1n) is 6.25. The van der Waals surface area contributed by atoms with Gasteiger partial charge in [0.1, 0.15) is 0 Å². The molecule has 1 aromatic carbocycles. The molecule has 4 N–H and O–H groups in total. The SMILES string of the molecule is Cc1cc(C(=O)N2CCCNC(=O)C2)ccc1NN. The van der Waals surface area contributed by atoms with Crippen LogP contribution >= 0.6 is 0 Å². The number of benzene rings is 1. The van der Waals surface area contributed by atoms with E-state index in [9.17, 15) is 9.59 Å². The number of nitrogens with zero attached hydrogens (tertiary/aromatic N) is 1. The van der Waals surface area contributed by atoms with Crippen molar-refractivity contribution in [2.24, 2.45) is 5.84 Å². The minimum atomic E-state index is -0.122. The fourth-order valence-electron chi connectivity index (χ4n) is 2.12. The molecule has 0 aliphatic carbocycles. The van der Waals surface area contributed by atoms with Crippen molar-refractivity contribution in [3.8, 4) is 0 Å². The van der Waals surface area contributed by atoms with Gasteiger partial charge in [-0.05, 0) is 37.1 Å². The van der Waals surface area contributed by atoms with Gasteiger partial charge in [0.2, 0.25) is 5.91 Å². The van der Waals surface area contributed by atoms with Crippen molar-refractivity contribution in [1.82, 2.24) is 10.2 Å². The monoisotopic (exact) mass is 262 g/mol. The minimum absolute atomic E-state index is 0.109. The minimum Gasteiger partial charge on any atom is -0.354 e. The van der Waals surface area contributed by atoms with Gasteiger partial charge in [-0.3, -0.25) is 15.4 Å². The first kappa shape index (κ1) is 13.4. The first-order chi connectivity index (χ1) is 9.11. The Hall–Kier alpha value is -2.08. The van der Waals surface area contributed by atoms with E-state index in [1.54, 1.807) is 23.1 Å². The molecule has 0 bridgehead atoms. The van der Waals surface area contributed by atoms with E-state index in [0.29, 0.717) is 18.7 Å². The zero-order valence-corrected chi connectivity index (χ0v) is 10.9. The number of rotatable bonds is 2. The number of carbonyl (C=O) groups is 2. The average Bonchev–Trinajstić information content (AvgIpc) is 2.62. The van der Waals surface area contributed by atoms with Gasteiger partial charge in [-0.1, -0.05) is 0 Å². The normalized spacial score (nSPS) is 15.7. The summed E-state index contributed by atoms with van der Waals surface area (Å²) in [5.41, 5.74) is 4.82. The van der Waals surface area contributed by atoms with Gasteiger partial charge < -0.3 is 15.6 Å². The lowest BCUT2D eigenvalue weighted by atomic mass is 10.1. The Morgan fingerprint density at radius 2 is 2.26 bits per heavy atom. The Bertz CT molecular complexity index is 501. The van der Waals surface area contributed by atoms with Gasteiger partial charge in [0, 0.05) is 18.7 Å². The summed E-state index contributed by atoms with van der Waals surface area (Å²) in [7, 11) is 0. The number of nitrogens with one attached hydrogen (secondary N) is 2. The summed E-state index contributed by atoms with van der Waals surface area (Å²) in [5.74, 6) is 5.13. The molecule has 0 unspecified atom stereocenters. The number of anilines is 1.